The Hall–Kier alpha value is -1.68. The zero-order valence-electron chi connectivity index (χ0n) is 11.7. The maximum atomic E-state index is 12.7. The molecule has 2 aromatic rings. The number of hydrogen-bond donors (Lipinski definition) is 0. The summed E-state index contributed by atoms with van der Waals surface area (Å²) in [5.41, 5.74) is 1.79. The summed E-state index contributed by atoms with van der Waals surface area (Å²) in [4.78, 5) is 18.9. The molecule has 1 aromatic heterocycles. The normalized spacial score (nSPS) is 18.0. The molecule has 3 rings (SSSR count). The maximum Gasteiger partial charge on any atom is 0.273 e. The molecule has 1 saturated heterocycles. The van der Waals surface area contributed by atoms with Crippen LogP contribution >= 0.6 is 15.9 Å². The van der Waals surface area contributed by atoms with E-state index in [1.807, 2.05) is 35.2 Å². The van der Waals surface area contributed by atoms with E-state index in [0.717, 1.165) is 30.3 Å². The highest BCUT2D eigenvalue weighted by Gasteiger charge is 2.30. The number of carbonyl (C=O) groups is 1. The van der Waals surface area contributed by atoms with Crippen LogP contribution in [0, 0.1) is 0 Å². The Balaban J connectivity index is 1.78. The fourth-order valence-corrected chi connectivity index (χ4v) is 3.31. The number of hydrogen-bond acceptors (Lipinski definition) is 2. The SMILES string of the molecule is O=C(c1ncccc1Br)N1CCCC1Cc1ccccc1. The highest BCUT2D eigenvalue weighted by atomic mass is 79.9. The molecule has 4 heteroatoms. The van der Waals surface area contributed by atoms with Crippen molar-refractivity contribution in [1.82, 2.24) is 9.88 Å². The van der Waals surface area contributed by atoms with Crippen LogP contribution in [0.25, 0.3) is 0 Å². The van der Waals surface area contributed by atoms with E-state index in [4.69, 9.17) is 0 Å². The van der Waals surface area contributed by atoms with Gasteiger partial charge in [-0.25, -0.2) is 4.98 Å². The number of benzene rings is 1. The molecule has 1 amide bonds. The minimum Gasteiger partial charge on any atom is -0.334 e. The zero-order valence-corrected chi connectivity index (χ0v) is 13.3. The summed E-state index contributed by atoms with van der Waals surface area (Å²) < 4.78 is 0.764. The Bertz CT molecular complexity index is 630. The van der Waals surface area contributed by atoms with Crippen molar-refractivity contribution in [3.05, 3.63) is 64.4 Å². The molecule has 1 fully saturated rings. The van der Waals surface area contributed by atoms with E-state index >= 15 is 0 Å². The average Bonchev–Trinajstić information content (AvgIpc) is 2.96. The average molecular weight is 345 g/mol. The highest BCUT2D eigenvalue weighted by Crippen LogP contribution is 2.25. The number of rotatable bonds is 3. The van der Waals surface area contributed by atoms with Gasteiger partial charge in [-0.3, -0.25) is 4.79 Å². The van der Waals surface area contributed by atoms with E-state index in [1.54, 1.807) is 6.20 Å². The van der Waals surface area contributed by atoms with E-state index in [9.17, 15) is 4.79 Å². The van der Waals surface area contributed by atoms with Crippen molar-refractivity contribution in [2.24, 2.45) is 0 Å². The van der Waals surface area contributed by atoms with Gasteiger partial charge in [0.05, 0.1) is 0 Å². The highest BCUT2D eigenvalue weighted by molar-refractivity contribution is 9.10. The molecule has 0 aliphatic carbocycles. The number of aromatic nitrogens is 1. The fourth-order valence-electron chi connectivity index (χ4n) is 2.88. The second kappa shape index (κ2) is 6.39. The molecular weight excluding hydrogens is 328 g/mol. The lowest BCUT2D eigenvalue weighted by atomic mass is 10.0. The quantitative estimate of drug-likeness (QED) is 0.850. The van der Waals surface area contributed by atoms with Gasteiger partial charge in [-0.1, -0.05) is 30.3 Å². The summed E-state index contributed by atoms with van der Waals surface area (Å²) in [6.07, 6.45) is 4.70. The van der Waals surface area contributed by atoms with Crippen LogP contribution in [0.15, 0.2) is 53.1 Å². The number of likely N-dealkylation sites (tertiary alicyclic amines) is 1. The van der Waals surface area contributed by atoms with Crippen molar-refractivity contribution < 1.29 is 4.79 Å². The molecule has 1 atom stereocenters. The van der Waals surface area contributed by atoms with Gasteiger partial charge in [-0.2, -0.15) is 0 Å². The Morgan fingerprint density at radius 3 is 2.81 bits per heavy atom. The summed E-state index contributed by atoms with van der Waals surface area (Å²) in [7, 11) is 0. The van der Waals surface area contributed by atoms with Crippen molar-refractivity contribution in [2.45, 2.75) is 25.3 Å². The van der Waals surface area contributed by atoms with Gasteiger partial charge in [0.25, 0.3) is 5.91 Å². The second-order valence-electron chi connectivity index (χ2n) is 5.32. The number of pyridine rings is 1. The Morgan fingerprint density at radius 2 is 2.05 bits per heavy atom. The molecule has 0 radical (unpaired) electrons. The monoisotopic (exact) mass is 344 g/mol. The summed E-state index contributed by atoms with van der Waals surface area (Å²) in [6, 6.07) is 14.3. The number of halogens is 1. The minimum absolute atomic E-state index is 0.0286. The number of nitrogens with zero attached hydrogens (tertiary/aromatic N) is 2. The largest absolute Gasteiger partial charge is 0.334 e. The van der Waals surface area contributed by atoms with Gasteiger partial charge >= 0.3 is 0 Å². The Morgan fingerprint density at radius 1 is 1.24 bits per heavy atom. The molecule has 0 saturated carbocycles. The molecule has 108 valence electrons. The lowest BCUT2D eigenvalue weighted by molar-refractivity contribution is 0.0729. The molecule has 0 bridgehead atoms. The first kappa shape index (κ1) is 14.3. The van der Waals surface area contributed by atoms with E-state index in [2.05, 4.69) is 33.0 Å². The number of carbonyl (C=O) groups excluding carboxylic acids is 1. The summed E-state index contributed by atoms with van der Waals surface area (Å²) in [5, 5.41) is 0. The van der Waals surface area contributed by atoms with Crippen LogP contribution in [0.2, 0.25) is 0 Å². The molecular formula is C17H17BrN2O. The molecule has 0 N–H and O–H groups in total. The van der Waals surface area contributed by atoms with Crippen molar-refractivity contribution in [2.75, 3.05) is 6.54 Å². The van der Waals surface area contributed by atoms with E-state index in [0.29, 0.717) is 5.69 Å². The first-order valence-electron chi connectivity index (χ1n) is 7.21. The number of amides is 1. The third kappa shape index (κ3) is 3.16. The molecule has 2 heterocycles. The lowest BCUT2D eigenvalue weighted by Crippen LogP contribution is -2.37. The van der Waals surface area contributed by atoms with Gasteiger partial charge in [0.2, 0.25) is 0 Å². The summed E-state index contributed by atoms with van der Waals surface area (Å²) in [5.74, 6) is 0.0286. The molecule has 3 nitrogen and oxygen atoms in total. The van der Waals surface area contributed by atoms with E-state index in [1.165, 1.54) is 5.56 Å². The predicted molar refractivity (Wildman–Crippen MR) is 86.1 cm³/mol. The maximum absolute atomic E-state index is 12.7. The summed E-state index contributed by atoms with van der Waals surface area (Å²) >= 11 is 3.42. The van der Waals surface area contributed by atoms with Gasteiger partial charge in [0.15, 0.2) is 0 Å². The van der Waals surface area contributed by atoms with Gasteiger partial charge in [-0.05, 0) is 52.9 Å². The first-order valence-corrected chi connectivity index (χ1v) is 8.00. The van der Waals surface area contributed by atoms with Crippen LogP contribution in [0.4, 0.5) is 0 Å². The van der Waals surface area contributed by atoms with Crippen LogP contribution in [0.1, 0.15) is 28.9 Å². The molecule has 1 aliphatic heterocycles. The van der Waals surface area contributed by atoms with Crippen molar-refractivity contribution in [1.29, 1.82) is 0 Å². The molecule has 1 aromatic carbocycles. The summed E-state index contributed by atoms with van der Waals surface area (Å²) in [6.45, 7) is 0.819. The second-order valence-corrected chi connectivity index (χ2v) is 6.17. The van der Waals surface area contributed by atoms with Crippen LogP contribution in [-0.2, 0) is 6.42 Å². The minimum atomic E-state index is 0.0286. The predicted octanol–water partition coefficient (Wildman–Crippen LogP) is 3.69. The van der Waals surface area contributed by atoms with Crippen LogP contribution in [0.5, 0.6) is 0 Å². The van der Waals surface area contributed by atoms with Crippen LogP contribution in [-0.4, -0.2) is 28.4 Å². The van der Waals surface area contributed by atoms with E-state index < -0.39 is 0 Å². The van der Waals surface area contributed by atoms with Crippen molar-refractivity contribution in [3.8, 4) is 0 Å². The topological polar surface area (TPSA) is 33.2 Å². The third-order valence-corrected chi connectivity index (χ3v) is 4.55. The third-order valence-electron chi connectivity index (χ3n) is 3.91. The molecule has 1 unspecified atom stereocenters. The van der Waals surface area contributed by atoms with Gasteiger partial charge in [0.1, 0.15) is 5.69 Å². The van der Waals surface area contributed by atoms with E-state index in [-0.39, 0.29) is 11.9 Å². The molecule has 1 aliphatic rings. The lowest BCUT2D eigenvalue weighted by Gasteiger charge is -2.25. The van der Waals surface area contributed by atoms with Crippen molar-refractivity contribution >= 4 is 21.8 Å². The van der Waals surface area contributed by atoms with Crippen molar-refractivity contribution in [3.63, 3.8) is 0 Å². The van der Waals surface area contributed by atoms with Gasteiger partial charge < -0.3 is 4.90 Å². The van der Waals surface area contributed by atoms with Gasteiger partial charge in [0, 0.05) is 23.3 Å². The zero-order chi connectivity index (χ0) is 14.7. The first-order chi connectivity index (χ1) is 10.3. The Labute approximate surface area is 133 Å². The smallest absolute Gasteiger partial charge is 0.273 e. The molecule has 21 heavy (non-hydrogen) atoms. The van der Waals surface area contributed by atoms with Crippen LogP contribution in [0.3, 0.4) is 0 Å². The Kier molecular flexibility index (Phi) is 4.34. The molecule has 0 spiro atoms. The fraction of sp³-hybridized carbons (Fsp3) is 0.294. The van der Waals surface area contributed by atoms with Crippen LogP contribution < -0.4 is 0 Å². The standard InChI is InChI=1S/C17H17BrN2O/c18-15-9-4-10-19-16(15)17(21)20-11-5-8-14(20)12-13-6-2-1-3-7-13/h1-4,6-7,9-10,14H,5,8,11-12H2. The van der Waals surface area contributed by atoms with Gasteiger partial charge in [-0.15, -0.1) is 0 Å².